The number of aliphatic carboxylic acids is 1. The van der Waals surface area contributed by atoms with E-state index in [4.69, 9.17) is 5.11 Å². The number of hydrogen-bond donors (Lipinski definition) is 1. The lowest BCUT2D eigenvalue weighted by Crippen LogP contribution is -2.42. The minimum absolute atomic E-state index is 0.137. The highest BCUT2D eigenvalue weighted by Gasteiger charge is 2.37. The Morgan fingerprint density at radius 1 is 1.38 bits per heavy atom. The molecule has 1 aromatic heterocycles. The van der Waals surface area contributed by atoms with Crippen molar-refractivity contribution in [2.45, 2.75) is 50.5 Å². The van der Waals surface area contributed by atoms with E-state index in [2.05, 4.69) is 5.10 Å². The highest BCUT2D eigenvalue weighted by Crippen LogP contribution is 2.30. The SMILES string of the molecule is Cc1nn(C)c(C)c1S(=O)(=O)N(CC(=O)O)C1CCCC1. The summed E-state index contributed by atoms with van der Waals surface area (Å²) in [4.78, 5) is 11.2. The Hall–Kier alpha value is -1.41. The summed E-state index contributed by atoms with van der Waals surface area (Å²) in [7, 11) is -2.17. The molecular formula is C13H21N3O4S. The molecule has 0 saturated heterocycles. The van der Waals surface area contributed by atoms with Gasteiger partial charge >= 0.3 is 5.97 Å². The molecule has 0 unspecified atom stereocenters. The van der Waals surface area contributed by atoms with Crippen molar-refractivity contribution in [2.75, 3.05) is 6.54 Å². The minimum atomic E-state index is -3.85. The number of carboxylic acid groups (broad SMARTS) is 1. The summed E-state index contributed by atoms with van der Waals surface area (Å²) in [5, 5.41) is 13.2. The standard InChI is InChI=1S/C13H21N3O4S/c1-9-13(10(2)15(3)14-9)21(19,20)16(8-12(17)18)11-6-4-5-7-11/h11H,4-8H2,1-3H3,(H,17,18). The van der Waals surface area contributed by atoms with Crippen molar-refractivity contribution in [3.8, 4) is 0 Å². The van der Waals surface area contributed by atoms with Crippen molar-refractivity contribution >= 4 is 16.0 Å². The number of sulfonamides is 1. The van der Waals surface area contributed by atoms with Gasteiger partial charge in [0.2, 0.25) is 10.0 Å². The van der Waals surface area contributed by atoms with Gasteiger partial charge in [-0.25, -0.2) is 8.42 Å². The Labute approximate surface area is 124 Å². The average molecular weight is 315 g/mol. The largest absolute Gasteiger partial charge is 0.480 e. The molecule has 0 atom stereocenters. The van der Waals surface area contributed by atoms with Gasteiger partial charge in [0.15, 0.2) is 0 Å². The number of carbonyl (C=O) groups is 1. The molecule has 7 nitrogen and oxygen atoms in total. The second-order valence-electron chi connectivity index (χ2n) is 5.51. The fourth-order valence-corrected chi connectivity index (χ4v) is 5.02. The molecule has 8 heteroatoms. The maximum atomic E-state index is 12.9. The molecule has 0 amide bonds. The molecule has 1 fully saturated rings. The first-order valence-electron chi connectivity index (χ1n) is 6.99. The van der Waals surface area contributed by atoms with Crippen LogP contribution in [0.5, 0.6) is 0 Å². The lowest BCUT2D eigenvalue weighted by atomic mass is 10.2. The van der Waals surface area contributed by atoms with E-state index < -0.39 is 22.5 Å². The van der Waals surface area contributed by atoms with E-state index in [1.807, 2.05) is 0 Å². The van der Waals surface area contributed by atoms with Crippen LogP contribution >= 0.6 is 0 Å². The average Bonchev–Trinajstić information content (AvgIpc) is 2.95. The van der Waals surface area contributed by atoms with Crippen LogP contribution in [0.15, 0.2) is 4.90 Å². The number of aryl methyl sites for hydroxylation is 2. The summed E-state index contributed by atoms with van der Waals surface area (Å²) < 4.78 is 28.5. The molecule has 1 heterocycles. The van der Waals surface area contributed by atoms with Crippen molar-refractivity contribution in [3.05, 3.63) is 11.4 Å². The van der Waals surface area contributed by atoms with Gasteiger partial charge in [0.25, 0.3) is 0 Å². The molecule has 118 valence electrons. The van der Waals surface area contributed by atoms with Crippen molar-refractivity contribution < 1.29 is 18.3 Å². The van der Waals surface area contributed by atoms with Crippen molar-refractivity contribution in [2.24, 2.45) is 7.05 Å². The zero-order valence-corrected chi connectivity index (χ0v) is 13.4. The maximum absolute atomic E-state index is 12.9. The van der Waals surface area contributed by atoms with E-state index in [0.29, 0.717) is 24.2 Å². The molecule has 0 spiro atoms. The Kier molecular flexibility index (Phi) is 4.38. The van der Waals surface area contributed by atoms with E-state index in [0.717, 1.165) is 17.1 Å². The van der Waals surface area contributed by atoms with Crippen molar-refractivity contribution in [3.63, 3.8) is 0 Å². The third-order valence-corrected chi connectivity index (χ3v) is 6.18. The Balaban J connectivity index is 2.48. The normalized spacial score (nSPS) is 16.8. The molecule has 2 rings (SSSR count). The highest BCUT2D eigenvalue weighted by atomic mass is 32.2. The molecule has 0 aromatic carbocycles. The first-order valence-corrected chi connectivity index (χ1v) is 8.43. The molecule has 1 saturated carbocycles. The van der Waals surface area contributed by atoms with E-state index in [9.17, 15) is 13.2 Å². The first-order chi connectivity index (χ1) is 9.75. The van der Waals surface area contributed by atoms with E-state index in [-0.39, 0.29) is 10.9 Å². The molecular weight excluding hydrogens is 294 g/mol. The lowest BCUT2D eigenvalue weighted by molar-refractivity contribution is -0.137. The van der Waals surface area contributed by atoms with Gasteiger partial charge < -0.3 is 5.11 Å². The third-order valence-electron chi connectivity index (χ3n) is 4.03. The zero-order valence-electron chi connectivity index (χ0n) is 12.5. The predicted molar refractivity (Wildman–Crippen MR) is 76.5 cm³/mol. The zero-order chi connectivity index (χ0) is 15.8. The summed E-state index contributed by atoms with van der Waals surface area (Å²) in [6.45, 7) is 2.81. The molecule has 21 heavy (non-hydrogen) atoms. The van der Waals surface area contributed by atoms with Gasteiger partial charge in [0, 0.05) is 13.1 Å². The van der Waals surface area contributed by atoms with Crippen LogP contribution in [0.25, 0.3) is 0 Å². The fourth-order valence-electron chi connectivity index (χ4n) is 2.98. The predicted octanol–water partition coefficient (Wildman–Crippen LogP) is 1.05. The Bertz CT molecular complexity index is 645. The van der Waals surface area contributed by atoms with Gasteiger partial charge in [0.05, 0.1) is 11.4 Å². The van der Waals surface area contributed by atoms with Gasteiger partial charge in [-0.15, -0.1) is 0 Å². The topological polar surface area (TPSA) is 92.5 Å². The van der Waals surface area contributed by atoms with Crippen LogP contribution in [0.4, 0.5) is 0 Å². The summed E-state index contributed by atoms with van der Waals surface area (Å²) >= 11 is 0. The summed E-state index contributed by atoms with van der Waals surface area (Å²) in [5.41, 5.74) is 0.935. The first kappa shape index (κ1) is 16.0. The molecule has 0 bridgehead atoms. The van der Waals surface area contributed by atoms with Crippen LogP contribution in [0.2, 0.25) is 0 Å². The van der Waals surface area contributed by atoms with Gasteiger partial charge in [0.1, 0.15) is 11.4 Å². The summed E-state index contributed by atoms with van der Waals surface area (Å²) in [5.74, 6) is -1.13. The van der Waals surface area contributed by atoms with Crippen LogP contribution in [0.1, 0.15) is 37.1 Å². The fraction of sp³-hybridized carbons (Fsp3) is 0.692. The Morgan fingerprint density at radius 3 is 2.38 bits per heavy atom. The second-order valence-corrected chi connectivity index (χ2v) is 7.33. The minimum Gasteiger partial charge on any atom is -0.480 e. The number of hydrogen-bond acceptors (Lipinski definition) is 4. The highest BCUT2D eigenvalue weighted by molar-refractivity contribution is 7.89. The maximum Gasteiger partial charge on any atom is 0.318 e. The van der Waals surface area contributed by atoms with Crippen LogP contribution in [0, 0.1) is 13.8 Å². The van der Waals surface area contributed by atoms with Crippen LogP contribution in [0.3, 0.4) is 0 Å². The van der Waals surface area contributed by atoms with Crippen molar-refractivity contribution in [1.29, 1.82) is 0 Å². The van der Waals surface area contributed by atoms with Gasteiger partial charge in [-0.05, 0) is 26.7 Å². The molecule has 1 N–H and O–H groups in total. The van der Waals surface area contributed by atoms with Crippen molar-refractivity contribution in [1.82, 2.24) is 14.1 Å². The molecule has 1 aromatic rings. The molecule has 0 radical (unpaired) electrons. The van der Waals surface area contributed by atoms with E-state index in [1.54, 1.807) is 20.9 Å². The van der Waals surface area contributed by atoms with Crippen LogP contribution in [-0.4, -0.2) is 46.2 Å². The number of carboxylic acids is 1. The molecule has 0 aliphatic heterocycles. The number of rotatable bonds is 5. The van der Waals surface area contributed by atoms with E-state index in [1.165, 1.54) is 4.68 Å². The number of aromatic nitrogens is 2. The third kappa shape index (κ3) is 2.96. The smallest absolute Gasteiger partial charge is 0.318 e. The quantitative estimate of drug-likeness (QED) is 0.877. The lowest BCUT2D eigenvalue weighted by Gasteiger charge is -2.26. The van der Waals surface area contributed by atoms with Gasteiger partial charge in [-0.3, -0.25) is 9.48 Å². The van der Waals surface area contributed by atoms with Crippen LogP contribution < -0.4 is 0 Å². The van der Waals surface area contributed by atoms with E-state index >= 15 is 0 Å². The second kappa shape index (κ2) is 5.76. The van der Waals surface area contributed by atoms with Crippen LogP contribution in [-0.2, 0) is 21.9 Å². The molecule has 1 aliphatic carbocycles. The van der Waals surface area contributed by atoms with Gasteiger partial charge in [-0.2, -0.15) is 9.40 Å². The summed E-state index contributed by atoms with van der Waals surface area (Å²) in [6, 6.07) is -0.231. The van der Waals surface area contributed by atoms with Gasteiger partial charge in [-0.1, -0.05) is 12.8 Å². The summed E-state index contributed by atoms with van der Waals surface area (Å²) in [6.07, 6.45) is 3.29. The monoisotopic (exact) mass is 315 g/mol. The Morgan fingerprint density at radius 2 is 1.95 bits per heavy atom. The molecule has 1 aliphatic rings. The number of nitrogens with zero attached hydrogens (tertiary/aromatic N) is 3.